The highest BCUT2D eigenvalue weighted by Crippen LogP contribution is 2.48. The van der Waals surface area contributed by atoms with E-state index in [0.29, 0.717) is 17.5 Å². The van der Waals surface area contributed by atoms with Gasteiger partial charge in [0, 0.05) is 27.5 Å². The molecule has 210 valence electrons. The second-order valence-corrected chi connectivity index (χ2v) is 11.5. The first-order valence-corrected chi connectivity index (χ1v) is 15.1. The molecule has 2 aromatic heterocycles. The average Bonchev–Trinajstić information content (AvgIpc) is 3.67. The minimum atomic E-state index is 0.0443. The van der Waals surface area contributed by atoms with Gasteiger partial charge in [-0.25, -0.2) is 15.0 Å². The summed E-state index contributed by atoms with van der Waals surface area (Å²) in [5.74, 6) is 3.24. The number of hydrogen-bond acceptors (Lipinski definition) is 5. The maximum absolute atomic E-state index is 6.27. The minimum Gasteiger partial charge on any atom is -0.485 e. The molecule has 2 unspecified atom stereocenters. The number of aromatic nitrogens is 3. The monoisotopic (exact) mass is 569 g/mol. The van der Waals surface area contributed by atoms with Gasteiger partial charge in [-0.05, 0) is 66.0 Å². The number of allylic oxidation sites excluding steroid dienone is 6. The summed E-state index contributed by atoms with van der Waals surface area (Å²) in [6.45, 7) is 0. The number of benzene rings is 4. The van der Waals surface area contributed by atoms with E-state index in [2.05, 4.69) is 60.7 Å². The van der Waals surface area contributed by atoms with Crippen molar-refractivity contribution in [2.45, 2.75) is 24.9 Å². The highest BCUT2D eigenvalue weighted by atomic mass is 16.5. The lowest BCUT2D eigenvalue weighted by molar-refractivity contribution is 0.265. The van der Waals surface area contributed by atoms with Crippen LogP contribution in [0.3, 0.4) is 0 Å². The third-order valence-corrected chi connectivity index (χ3v) is 8.87. The van der Waals surface area contributed by atoms with Gasteiger partial charge in [0.25, 0.3) is 0 Å². The molecule has 6 aromatic rings. The number of nitrogens with zero attached hydrogens (tertiary/aromatic N) is 3. The molecular formula is C39H27N3O2. The number of fused-ring (bicyclic) bond motifs is 6. The van der Waals surface area contributed by atoms with E-state index in [4.69, 9.17) is 24.1 Å². The molecule has 44 heavy (non-hydrogen) atoms. The van der Waals surface area contributed by atoms with Crippen LogP contribution in [0, 0.1) is 0 Å². The fourth-order valence-electron chi connectivity index (χ4n) is 6.70. The number of rotatable bonds is 4. The maximum atomic E-state index is 6.27. The Kier molecular flexibility index (Phi) is 5.69. The molecule has 5 nitrogen and oxygen atoms in total. The van der Waals surface area contributed by atoms with Crippen LogP contribution in [0.15, 0.2) is 143 Å². The van der Waals surface area contributed by atoms with Crippen molar-refractivity contribution in [3.8, 4) is 28.5 Å². The second kappa shape index (κ2) is 10.0. The Balaban J connectivity index is 1.12. The molecule has 0 saturated heterocycles. The highest BCUT2D eigenvalue weighted by Gasteiger charge is 2.37. The van der Waals surface area contributed by atoms with Crippen molar-refractivity contribution in [1.82, 2.24) is 15.0 Å². The number of furan rings is 1. The van der Waals surface area contributed by atoms with Gasteiger partial charge in [0.1, 0.15) is 23.0 Å². The summed E-state index contributed by atoms with van der Waals surface area (Å²) >= 11 is 0. The predicted molar refractivity (Wildman–Crippen MR) is 174 cm³/mol. The molecule has 2 aliphatic carbocycles. The molecule has 3 heterocycles. The fourth-order valence-corrected chi connectivity index (χ4v) is 6.70. The summed E-state index contributed by atoms with van der Waals surface area (Å²) in [5.41, 5.74) is 8.66. The van der Waals surface area contributed by atoms with E-state index < -0.39 is 0 Å². The third-order valence-electron chi connectivity index (χ3n) is 8.87. The van der Waals surface area contributed by atoms with Crippen LogP contribution in [0.2, 0.25) is 0 Å². The zero-order chi connectivity index (χ0) is 29.0. The zero-order valence-electron chi connectivity index (χ0n) is 23.9. The average molecular weight is 570 g/mol. The summed E-state index contributed by atoms with van der Waals surface area (Å²) in [6, 6.07) is 32.8. The van der Waals surface area contributed by atoms with E-state index >= 15 is 0 Å². The zero-order valence-corrected chi connectivity index (χ0v) is 23.9. The van der Waals surface area contributed by atoms with Crippen molar-refractivity contribution in [3.05, 3.63) is 150 Å². The summed E-state index contributed by atoms with van der Waals surface area (Å²) in [6.07, 6.45) is 12.8. The second-order valence-electron chi connectivity index (χ2n) is 11.5. The molecule has 2 atom stereocenters. The first-order valence-electron chi connectivity index (χ1n) is 15.1. The Labute approximate surface area is 254 Å². The fraction of sp³-hybridized carbons (Fsp3) is 0.103. The van der Waals surface area contributed by atoms with Crippen molar-refractivity contribution in [2.75, 3.05) is 0 Å². The number of para-hydroxylation sites is 2. The van der Waals surface area contributed by atoms with Gasteiger partial charge in [-0.15, -0.1) is 0 Å². The van der Waals surface area contributed by atoms with Gasteiger partial charge in [-0.2, -0.15) is 0 Å². The van der Waals surface area contributed by atoms with Crippen molar-refractivity contribution >= 4 is 27.5 Å². The van der Waals surface area contributed by atoms with Crippen molar-refractivity contribution < 1.29 is 9.15 Å². The molecule has 0 bridgehead atoms. The summed E-state index contributed by atoms with van der Waals surface area (Å²) in [5, 5.41) is 2.13. The lowest BCUT2D eigenvalue weighted by atomic mass is 9.78. The molecular weight excluding hydrogens is 542 g/mol. The molecule has 0 amide bonds. The SMILES string of the molecule is C1=CC2Oc3ccccc3C2C(C2=CC=C(c3nc(-c4ccccc4)nc(-c4ccc5oc6ccccc6c5c4)n3)CC2)=C1. The molecule has 0 fully saturated rings. The summed E-state index contributed by atoms with van der Waals surface area (Å²) in [7, 11) is 0. The van der Waals surface area contributed by atoms with E-state index in [0.717, 1.165) is 57.2 Å². The molecule has 0 N–H and O–H groups in total. The minimum absolute atomic E-state index is 0.0443. The lowest BCUT2D eigenvalue weighted by Gasteiger charge is -2.26. The van der Waals surface area contributed by atoms with Gasteiger partial charge in [0.2, 0.25) is 0 Å². The normalized spacial score (nSPS) is 18.8. The van der Waals surface area contributed by atoms with Crippen LogP contribution in [-0.4, -0.2) is 21.1 Å². The molecule has 0 radical (unpaired) electrons. The standard InChI is InChI=1S/C39H27N3O2/c1-2-9-25(10-3-1)37-40-38(42-39(41-37)27-21-22-34-31(23-27)29-11-4-6-14-32(29)43-34)26-19-17-24(18-20-26)28-13-8-16-35-36(28)30-12-5-7-15-33(30)44-35/h1-17,19,21-23,35-36H,18,20H2. The number of ether oxygens (including phenoxy) is 1. The smallest absolute Gasteiger partial charge is 0.164 e. The van der Waals surface area contributed by atoms with Gasteiger partial charge in [-0.3, -0.25) is 0 Å². The quantitative estimate of drug-likeness (QED) is 0.212. The van der Waals surface area contributed by atoms with Crippen LogP contribution in [0.25, 0.3) is 50.3 Å². The number of hydrogen-bond donors (Lipinski definition) is 0. The van der Waals surface area contributed by atoms with Gasteiger partial charge >= 0.3 is 0 Å². The van der Waals surface area contributed by atoms with E-state index in [1.54, 1.807) is 0 Å². The Hall–Kier alpha value is -5.55. The van der Waals surface area contributed by atoms with Crippen molar-refractivity contribution in [1.29, 1.82) is 0 Å². The largest absolute Gasteiger partial charge is 0.485 e. The molecule has 0 spiro atoms. The van der Waals surface area contributed by atoms with Crippen LogP contribution in [-0.2, 0) is 0 Å². The summed E-state index contributed by atoms with van der Waals surface area (Å²) < 4.78 is 12.4. The van der Waals surface area contributed by atoms with E-state index in [1.807, 2.05) is 66.7 Å². The van der Waals surface area contributed by atoms with Gasteiger partial charge in [0.15, 0.2) is 17.5 Å². The van der Waals surface area contributed by atoms with E-state index in [1.165, 1.54) is 16.7 Å². The topological polar surface area (TPSA) is 61.0 Å². The van der Waals surface area contributed by atoms with Gasteiger partial charge < -0.3 is 9.15 Å². The lowest BCUT2D eigenvalue weighted by Crippen LogP contribution is -2.21. The van der Waals surface area contributed by atoms with Crippen LogP contribution >= 0.6 is 0 Å². The summed E-state index contributed by atoms with van der Waals surface area (Å²) in [4.78, 5) is 15.0. The maximum Gasteiger partial charge on any atom is 0.164 e. The van der Waals surface area contributed by atoms with Gasteiger partial charge in [-0.1, -0.05) is 91.0 Å². The highest BCUT2D eigenvalue weighted by molar-refractivity contribution is 6.06. The first kappa shape index (κ1) is 25.0. The van der Waals surface area contributed by atoms with E-state index in [9.17, 15) is 0 Å². The Bertz CT molecular complexity index is 2220. The van der Waals surface area contributed by atoms with Crippen molar-refractivity contribution in [2.24, 2.45) is 0 Å². The van der Waals surface area contributed by atoms with Crippen LogP contribution in [0.1, 0.15) is 30.1 Å². The van der Waals surface area contributed by atoms with Crippen molar-refractivity contribution in [3.63, 3.8) is 0 Å². The molecule has 4 aromatic carbocycles. The molecule has 0 saturated carbocycles. The van der Waals surface area contributed by atoms with Crippen LogP contribution in [0.5, 0.6) is 5.75 Å². The Morgan fingerprint density at radius 2 is 1.32 bits per heavy atom. The van der Waals surface area contributed by atoms with Crippen LogP contribution in [0.4, 0.5) is 0 Å². The molecule has 3 aliphatic rings. The Morgan fingerprint density at radius 1 is 0.591 bits per heavy atom. The molecule has 9 rings (SSSR count). The predicted octanol–water partition coefficient (Wildman–Crippen LogP) is 9.25. The molecule has 5 heteroatoms. The molecule has 1 aliphatic heterocycles. The van der Waals surface area contributed by atoms with Crippen LogP contribution < -0.4 is 4.74 Å². The first-order chi connectivity index (χ1) is 21.8. The third kappa shape index (κ3) is 4.12. The Morgan fingerprint density at radius 3 is 2.20 bits per heavy atom. The van der Waals surface area contributed by atoms with E-state index in [-0.39, 0.29) is 12.0 Å². The van der Waals surface area contributed by atoms with Gasteiger partial charge in [0.05, 0.1) is 5.92 Å².